The van der Waals surface area contributed by atoms with E-state index in [1.807, 2.05) is 12.1 Å². The smallest absolute Gasteiger partial charge is 0.308 e. The molecular weight excluding hydrogens is 346 g/mol. The molecule has 1 saturated heterocycles. The summed E-state index contributed by atoms with van der Waals surface area (Å²) >= 11 is 0. The molecule has 1 amide bonds. The van der Waals surface area contributed by atoms with Gasteiger partial charge < -0.3 is 10.0 Å². The molecule has 3 heterocycles. The van der Waals surface area contributed by atoms with E-state index in [1.165, 1.54) is 0 Å². The van der Waals surface area contributed by atoms with Crippen LogP contribution in [0.4, 0.5) is 0 Å². The Kier molecular flexibility index (Phi) is 4.37. The zero-order chi connectivity index (χ0) is 18.8. The van der Waals surface area contributed by atoms with Crippen LogP contribution < -0.4 is 0 Å². The Morgan fingerprint density at radius 1 is 1.07 bits per heavy atom. The normalized spacial score (nSPS) is 19.2. The number of carbonyl (C=O) groups excluding carboxylic acids is 1. The van der Waals surface area contributed by atoms with E-state index < -0.39 is 11.9 Å². The van der Waals surface area contributed by atoms with Gasteiger partial charge in [-0.2, -0.15) is 0 Å². The molecule has 2 atom stereocenters. The number of aromatic nitrogens is 4. The molecule has 1 aromatic carbocycles. The van der Waals surface area contributed by atoms with E-state index in [2.05, 4.69) is 15.2 Å². The molecule has 1 aliphatic heterocycles. The minimum atomic E-state index is -0.905. The minimum absolute atomic E-state index is 0.171. The lowest BCUT2D eigenvalue weighted by Crippen LogP contribution is -2.30. The molecule has 8 heteroatoms. The van der Waals surface area contributed by atoms with Crippen LogP contribution in [0.2, 0.25) is 0 Å². The van der Waals surface area contributed by atoms with Crippen molar-refractivity contribution in [3.05, 3.63) is 72.6 Å². The van der Waals surface area contributed by atoms with Crippen LogP contribution in [0.15, 0.2) is 61.4 Å². The number of benzene rings is 1. The van der Waals surface area contributed by atoms with Gasteiger partial charge in [0.1, 0.15) is 12.7 Å². The third kappa shape index (κ3) is 3.29. The zero-order valence-electron chi connectivity index (χ0n) is 14.3. The largest absolute Gasteiger partial charge is 0.481 e. The molecule has 1 aliphatic rings. The molecule has 0 aliphatic carbocycles. The van der Waals surface area contributed by atoms with Gasteiger partial charge in [0, 0.05) is 42.7 Å². The first-order chi connectivity index (χ1) is 13.1. The van der Waals surface area contributed by atoms with Crippen molar-refractivity contribution in [2.45, 2.75) is 5.92 Å². The average Bonchev–Trinajstić information content (AvgIpc) is 3.38. The topological polar surface area (TPSA) is 101 Å². The number of carbonyl (C=O) groups is 2. The second kappa shape index (κ2) is 6.99. The van der Waals surface area contributed by atoms with E-state index in [0.717, 1.165) is 11.3 Å². The van der Waals surface area contributed by atoms with Crippen LogP contribution in [0.5, 0.6) is 0 Å². The van der Waals surface area contributed by atoms with Gasteiger partial charge in [0.05, 0.1) is 5.92 Å². The molecular formula is C19H17N5O3. The third-order valence-corrected chi connectivity index (χ3v) is 4.85. The molecule has 136 valence electrons. The maximum atomic E-state index is 13.0. The number of pyridine rings is 1. The van der Waals surface area contributed by atoms with Crippen molar-refractivity contribution in [2.75, 3.05) is 13.1 Å². The summed E-state index contributed by atoms with van der Waals surface area (Å²) in [5.74, 6) is -2.03. The molecule has 0 unspecified atom stereocenters. The number of rotatable bonds is 4. The van der Waals surface area contributed by atoms with E-state index in [1.54, 1.807) is 58.8 Å². The molecule has 1 fully saturated rings. The highest BCUT2D eigenvalue weighted by molar-refractivity contribution is 5.95. The monoisotopic (exact) mass is 363 g/mol. The summed E-state index contributed by atoms with van der Waals surface area (Å²) in [5.41, 5.74) is 2.10. The predicted molar refractivity (Wildman–Crippen MR) is 95.4 cm³/mol. The molecule has 27 heavy (non-hydrogen) atoms. The van der Waals surface area contributed by atoms with Crippen LogP contribution in [0, 0.1) is 5.92 Å². The lowest BCUT2D eigenvalue weighted by atomic mass is 9.90. The second-order valence-electron chi connectivity index (χ2n) is 6.47. The van der Waals surface area contributed by atoms with Gasteiger partial charge in [-0.3, -0.25) is 19.1 Å². The molecule has 1 N–H and O–H groups in total. The van der Waals surface area contributed by atoms with Crippen molar-refractivity contribution in [3.8, 4) is 5.69 Å². The van der Waals surface area contributed by atoms with Crippen molar-refractivity contribution >= 4 is 11.9 Å². The lowest BCUT2D eigenvalue weighted by molar-refractivity contribution is -0.141. The molecule has 4 rings (SSSR count). The number of aliphatic carboxylic acids is 1. The van der Waals surface area contributed by atoms with E-state index in [9.17, 15) is 14.7 Å². The van der Waals surface area contributed by atoms with Crippen LogP contribution in [0.3, 0.4) is 0 Å². The van der Waals surface area contributed by atoms with Crippen molar-refractivity contribution < 1.29 is 14.7 Å². The van der Waals surface area contributed by atoms with Crippen molar-refractivity contribution in [1.29, 1.82) is 0 Å². The van der Waals surface area contributed by atoms with Crippen LogP contribution in [-0.2, 0) is 4.79 Å². The van der Waals surface area contributed by atoms with E-state index in [4.69, 9.17) is 0 Å². The lowest BCUT2D eigenvalue weighted by Gasteiger charge is -2.17. The number of amides is 1. The maximum Gasteiger partial charge on any atom is 0.308 e. The highest BCUT2D eigenvalue weighted by Gasteiger charge is 2.40. The summed E-state index contributed by atoms with van der Waals surface area (Å²) < 4.78 is 1.71. The van der Waals surface area contributed by atoms with E-state index in [-0.39, 0.29) is 18.4 Å². The van der Waals surface area contributed by atoms with Gasteiger partial charge in [-0.25, -0.2) is 0 Å². The van der Waals surface area contributed by atoms with Crippen LogP contribution in [0.25, 0.3) is 5.69 Å². The van der Waals surface area contributed by atoms with Crippen LogP contribution in [-0.4, -0.2) is 54.7 Å². The van der Waals surface area contributed by atoms with Crippen LogP contribution in [0.1, 0.15) is 21.8 Å². The summed E-state index contributed by atoms with van der Waals surface area (Å²) in [6.07, 6.45) is 6.42. The fourth-order valence-electron chi connectivity index (χ4n) is 3.47. The molecule has 0 radical (unpaired) electrons. The minimum Gasteiger partial charge on any atom is -0.481 e. The van der Waals surface area contributed by atoms with Gasteiger partial charge in [-0.1, -0.05) is 12.1 Å². The number of carboxylic acid groups (broad SMARTS) is 1. The zero-order valence-corrected chi connectivity index (χ0v) is 14.3. The predicted octanol–water partition coefficient (Wildman–Crippen LogP) is 1.60. The van der Waals surface area contributed by atoms with Crippen molar-refractivity contribution in [3.63, 3.8) is 0 Å². The highest BCUT2D eigenvalue weighted by Crippen LogP contribution is 2.33. The van der Waals surface area contributed by atoms with Crippen molar-refractivity contribution in [2.24, 2.45) is 5.92 Å². The first-order valence-corrected chi connectivity index (χ1v) is 8.50. The molecule has 0 bridgehead atoms. The first kappa shape index (κ1) is 16.9. The number of nitrogens with zero attached hydrogens (tertiary/aromatic N) is 5. The number of likely N-dealkylation sites (tertiary alicyclic amines) is 1. The highest BCUT2D eigenvalue weighted by atomic mass is 16.4. The van der Waals surface area contributed by atoms with Gasteiger partial charge in [0.25, 0.3) is 5.91 Å². The molecule has 0 saturated carbocycles. The van der Waals surface area contributed by atoms with Gasteiger partial charge in [0.2, 0.25) is 0 Å². The molecule has 3 aromatic rings. The molecule has 0 spiro atoms. The molecule has 2 aromatic heterocycles. The fraction of sp³-hybridized carbons (Fsp3) is 0.211. The summed E-state index contributed by atoms with van der Waals surface area (Å²) in [7, 11) is 0. The van der Waals surface area contributed by atoms with Crippen LogP contribution >= 0.6 is 0 Å². The number of carboxylic acids is 1. The van der Waals surface area contributed by atoms with Gasteiger partial charge in [0.15, 0.2) is 0 Å². The van der Waals surface area contributed by atoms with Gasteiger partial charge >= 0.3 is 5.97 Å². The second-order valence-corrected chi connectivity index (χ2v) is 6.47. The summed E-state index contributed by atoms with van der Waals surface area (Å²) in [4.78, 5) is 30.4. The van der Waals surface area contributed by atoms with Crippen molar-refractivity contribution in [1.82, 2.24) is 24.6 Å². The maximum absolute atomic E-state index is 13.0. The quantitative estimate of drug-likeness (QED) is 0.756. The Balaban J connectivity index is 1.59. The van der Waals surface area contributed by atoms with E-state index in [0.29, 0.717) is 12.1 Å². The standard InChI is InChI=1S/C19H17N5O3/c25-18(13-3-1-5-15(7-13)24-11-21-22-12-24)23-9-16(17(10-23)19(26)27)14-4-2-6-20-8-14/h1-8,11-12,16-17H,9-10H2,(H,26,27)/t16-,17+/m0/s1. The first-order valence-electron chi connectivity index (χ1n) is 8.50. The summed E-state index contributed by atoms with van der Waals surface area (Å²) in [5, 5.41) is 17.1. The van der Waals surface area contributed by atoms with E-state index >= 15 is 0 Å². The van der Waals surface area contributed by atoms with Gasteiger partial charge in [-0.05, 0) is 29.8 Å². The Hall–Kier alpha value is -3.55. The number of hydrogen-bond donors (Lipinski definition) is 1. The Morgan fingerprint density at radius 2 is 1.89 bits per heavy atom. The Labute approximate surface area is 155 Å². The Morgan fingerprint density at radius 3 is 2.59 bits per heavy atom. The fourth-order valence-corrected chi connectivity index (χ4v) is 3.47. The summed E-state index contributed by atoms with van der Waals surface area (Å²) in [6.45, 7) is 0.517. The SMILES string of the molecule is O=C(O)[C@@H]1CN(C(=O)c2cccc(-n3cnnc3)c2)C[C@H]1c1cccnc1. The average molecular weight is 363 g/mol. The Bertz CT molecular complexity index is 958. The molecule has 8 nitrogen and oxygen atoms in total. The number of hydrogen-bond acceptors (Lipinski definition) is 5. The summed E-state index contributed by atoms with van der Waals surface area (Å²) in [6, 6.07) is 10.7. The third-order valence-electron chi connectivity index (χ3n) is 4.85. The van der Waals surface area contributed by atoms with Gasteiger partial charge in [-0.15, -0.1) is 10.2 Å².